The third kappa shape index (κ3) is 1.01. The van der Waals surface area contributed by atoms with Crippen LogP contribution in [0.5, 0.6) is 0 Å². The number of thiazole rings is 1. The number of aryl methyl sites for hydroxylation is 1. The Morgan fingerprint density at radius 1 is 1.45 bits per heavy atom. The fourth-order valence-electron chi connectivity index (χ4n) is 1.10. The van der Waals surface area contributed by atoms with Gasteiger partial charge >= 0.3 is 0 Å². The average molecular weight is 164 g/mol. The molecule has 0 aliphatic carbocycles. The number of nitrogens with zero attached hydrogens (tertiary/aromatic N) is 2. The standard InChI is InChI=1S/C8H8N2S/c1-2-6-3-9-4-7-8(6)11-5-10-7/h3-5H,2H2,1H3. The van der Waals surface area contributed by atoms with Crippen LogP contribution < -0.4 is 0 Å². The van der Waals surface area contributed by atoms with E-state index in [9.17, 15) is 0 Å². The van der Waals surface area contributed by atoms with Crippen molar-refractivity contribution < 1.29 is 0 Å². The number of pyridine rings is 1. The van der Waals surface area contributed by atoms with Crippen molar-refractivity contribution in [3.05, 3.63) is 23.5 Å². The Morgan fingerprint density at radius 2 is 2.36 bits per heavy atom. The maximum absolute atomic E-state index is 4.18. The van der Waals surface area contributed by atoms with Crippen molar-refractivity contribution in [1.29, 1.82) is 0 Å². The average Bonchev–Trinajstić information content (AvgIpc) is 2.50. The van der Waals surface area contributed by atoms with E-state index in [1.54, 1.807) is 11.3 Å². The van der Waals surface area contributed by atoms with Crippen LogP contribution in [0.15, 0.2) is 17.9 Å². The van der Waals surface area contributed by atoms with Gasteiger partial charge < -0.3 is 0 Å². The summed E-state index contributed by atoms with van der Waals surface area (Å²) in [4.78, 5) is 8.28. The molecule has 0 aliphatic rings. The van der Waals surface area contributed by atoms with Crippen LogP contribution in [0.2, 0.25) is 0 Å². The van der Waals surface area contributed by atoms with Gasteiger partial charge in [-0.25, -0.2) is 4.98 Å². The molecule has 2 aromatic rings. The molecule has 0 saturated heterocycles. The van der Waals surface area contributed by atoms with E-state index in [-0.39, 0.29) is 0 Å². The summed E-state index contributed by atoms with van der Waals surface area (Å²) in [5, 5.41) is 0. The highest BCUT2D eigenvalue weighted by molar-refractivity contribution is 7.16. The number of aromatic nitrogens is 2. The highest BCUT2D eigenvalue weighted by Crippen LogP contribution is 2.20. The normalized spacial score (nSPS) is 10.6. The zero-order valence-electron chi connectivity index (χ0n) is 6.24. The molecule has 0 aliphatic heterocycles. The van der Waals surface area contributed by atoms with Gasteiger partial charge in [0.2, 0.25) is 0 Å². The van der Waals surface area contributed by atoms with Crippen LogP contribution in [0.25, 0.3) is 10.2 Å². The van der Waals surface area contributed by atoms with Crippen molar-refractivity contribution in [2.45, 2.75) is 13.3 Å². The molecule has 2 heterocycles. The number of hydrogen-bond acceptors (Lipinski definition) is 3. The molecule has 0 aromatic carbocycles. The second-order valence-electron chi connectivity index (χ2n) is 2.35. The fraction of sp³-hybridized carbons (Fsp3) is 0.250. The Hall–Kier alpha value is -0.960. The van der Waals surface area contributed by atoms with Gasteiger partial charge in [-0.1, -0.05) is 6.92 Å². The van der Waals surface area contributed by atoms with Crippen LogP contribution in [-0.2, 0) is 6.42 Å². The van der Waals surface area contributed by atoms with E-state index in [0.29, 0.717) is 0 Å². The molecule has 0 N–H and O–H groups in total. The molecule has 0 spiro atoms. The largest absolute Gasteiger partial charge is 0.262 e. The van der Waals surface area contributed by atoms with E-state index in [4.69, 9.17) is 0 Å². The van der Waals surface area contributed by atoms with E-state index in [1.807, 2.05) is 17.9 Å². The monoisotopic (exact) mass is 164 g/mol. The molecule has 3 heteroatoms. The molecule has 56 valence electrons. The quantitative estimate of drug-likeness (QED) is 0.646. The molecule has 2 nitrogen and oxygen atoms in total. The third-order valence-corrected chi connectivity index (χ3v) is 2.61. The summed E-state index contributed by atoms with van der Waals surface area (Å²) in [7, 11) is 0. The molecule has 0 unspecified atom stereocenters. The molecule has 0 atom stereocenters. The Kier molecular flexibility index (Phi) is 1.58. The Labute approximate surface area is 68.9 Å². The van der Waals surface area contributed by atoms with Crippen molar-refractivity contribution in [1.82, 2.24) is 9.97 Å². The highest BCUT2D eigenvalue weighted by Gasteiger charge is 2.00. The molecule has 0 radical (unpaired) electrons. The summed E-state index contributed by atoms with van der Waals surface area (Å²) in [6, 6.07) is 0. The van der Waals surface area contributed by atoms with Gasteiger partial charge in [0.05, 0.1) is 21.9 Å². The van der Waals surface area contributed by atoms with Gasteiger partial charge in [-0.05, 0) is 12.0 Å². The zero-order valence-corrected chi connectivity index (χ0v) is 7.06. The van der Waals surface area contributed by atoms with Crippen molar-refractivity contribution in [3.63, 3.8) is 0 Å². The molecule has 2 rings (SSSR count). The Balaban J connectivity index is 2.79. The van der Waals surface area contributed by atoms with Crippen LogP contribution in [0, 0.1) is 0 Å². The second kappa shape index (κ2) is 2.58. The van der Waals surface area contributed by atoms with Crippen LogP contribution in [0.1, 0.15) is 12.5 Å². The summed E-state index contributed by atoms with van der Waals surface area (Å²) in [5.74, 6) is 0. The number of fused-ring (bicyclic) bond motifs is 1. The van der Waals surface area contributed by atoms with Crippen LogP contribution in [0.3, 0.4) is 0 Å². The zero-order chi connectivity index (χ0) is 7.68. The maximum atomic E-state index is 4.18. The van der Waals surface area contributed by atoms with Gasteiger partial charge in [0, 0.05) is 6.20 Å². The summed E-state index contributed by atoms with van der Waals surface area (Å²) in [6.45, 7) is 2.14. The summed E-state index contributed by atoms with van der Waals surface area (Å²) in [6.07, 6.45) is 4.76. The minimum atomic E-state index is 1.02. The second-order valence-corrected chi connectivity index (χ2v) is 3.21. The fourth-order valence-corrected chi connectivity index (χ4v) is 1.94. The Morgan fingerprint density at radius 3 is 3.18 bits per heavy atom. The SMILES string of the molecule is CCc1cncc2ncsc12. The molecule has 2 aromatic heterocycles. The van der Waals surface area contributed by atoms with Crippen LogP contribution in [0.4, 0.5) is 0 Å². The van der Waals surface area contributed by atoms with E-state index in [0.717, 1.165) is 11.9 Å². The van der Waals surface area contributed by atoms with Gasteiger partial charge in [-0.3, -0.25) is 4.98 Å². The van der Waals surface area contributed by atoms with Crippen molar-refractivity contribution >= 4 is 21.6 Å². The Bertz CT molecular complexity index is 367. The molecule has 0 amide bonds. The predicted octanol–water partition coefficient (Wildman–Crippen LogP) is 2.25. The van der Waals surface area contributed by atoms with E-state index < -0.39 is 0 Å². The van der Waals surface area contributed by atoms with Gasteiger partial charge in [0.1, 0.15) is 0 Å². The van der Waals surface area contributed by atoms with Crippen molar-refractivity contribution in [2.24, 2.45) is 0 Å². The summed E-state index contributed by atoms with van der Waals surface area (Å²) >= 11 is 1.69. The van der Waals surface area contributed by atoms with Gasteiger partial charge in [0.15, 0.2) is 0 Å². The first-order valence-electron chi connectivity index (χ1n) is 3.58. The first-order chi connectivity index (χ1) is 5.42. The van der Waals surface area contributed by atoms with Crippen LogP contribution >= 0.6 is 11.3 Å². The molecule has 0 saturated carbocycles. The molecule has 0 fully saturated rings. The smallest absolute Gasteiger partial charge is 0.0997 e. The van der Waals surface area contributed by atoms with Gasteiger partial charge in [0.25, 0.3) is 0 Å². The first kappa shape index (κ1) is 6.73. The number of hydrogen-bond donors (Lipinski definition) is 0. The maximum Gasteiger partial charge on any atom is 0.0997 e. The lowest BCUT2D eigenvalue weighted by atomic mass is 10.2. The summed E-state index contributed by atoms with van der Waals surface area (Å²) in [5.41, 5.74) is 4.19. The minimum absolute atomic E-state index is 1.02. The topological polar surface area (TPSA) is 25.8 Å². The third-order valence-electron chi connectivity index (χ3n) is 1.69. The van der Waals surface area contributed by atoms with Crippen molar-refractivity contribution in [3.8, 4) is 0 Å². The molecular weight excluding hydrogens is 156 g/mol. The van der Waals surface area contributed by atoms with E-state index in [2.05, 4.69) is 16.9 Å². The van der Waals surface area contributed by atoms with E-state index >= 15 is 0 Å². The predicted molar refractivity (Wildman–Crippen MR) is 46.8 cm³/mol. The van der Waals surface area contributed by atoms with Crippen molar-refractivity contribution in [2.75, 3.05) is 0 Å². The molecule has 0 bridgehead atoms. The van der Waals surface area contributed by atoms with E-state index in [1.165, 1.54) is 10.3 Å². The van der Waals surface area contributed by atoms with Crippen LogP contribution in [-0.4, -0.2) is 9.97 Å². The molecular formula is C8H8N2S. The minimum Gasteiger partial charge on any atom is -0.262 e. The first-order valence-corrected chi connectivity index (χ1v) is 4.46. The van der Waals surface area contributed by atoms with Gasteiger partial charge in [-0.2, -0.15) is 0 Å². The lowest BCUT2D eigenvalue weighted by molar-refractivity contribution is 1.13. The number of rotatable bonds is 1. The van der Waals surface area contributed by atoms with Gasteiger partial charge in [-0.15, -0.1) is 11.3 Å². The highest BCUT2D eigenvalue weighted by atomic mass is 32.1. The summed E-state index contributed by atoms with van der Waals surface area (Å²) < 4.78 is 1.28. The lowest BCUT2D eigenvalue weighted by Gasteiger charge is -1.94. The molecule has 11 heavy (non-hydrogen) atoms. The lowest BCUT2D eigenvalue weighted by Crippen LogP contribution is -1.81.